The van der Waals surface area contributed by atoms with Gasteiger partial charge in [-0.25, -0.2) is 9.97 Å². The number of piperazine rings is 1. The Labute approximate surface area is 131 Å². The van der Waals surface area contributed by atoms with E-state index in [0.29, 0.717) is 0 Å². The number of aromatic nitrogens is 3. The molecule has 0 saturated carbocycles. The van der Waals surface area contributed by atoms with Gasteiger partial charge in [0.15, 0.2) is 0 Å². The van der Waals surface area contributed by atoms with Crippen molar-refractivity contribution in [3.63, 3.8) is 0 Å². The first kappa shape index (κ1) is 15.0. The molecule has 3 rings (SSSR count). The van der Waals surface area contributed by atoms with Crippen molar-refractivity contribution in [1.29, 1.82) is 0 Å². The molecule has 6 nitrogen and oxygen atoms in total. The summed E-state index contributed by atoms with van der Waals surface area (Å²) >= 11 is 0. The van der Waals surface area contributed by atoms with Crippen LogP contribution in [0.15, 0.2) is 30.9 Å². The zero-order valence-corrected chi connectivity index (χ0v) is 13.4. The average molecular weight is 300 g/mol. The first-order chi connectivity index (χ1) is 10.7. The van der Waals surface area contributed by atoms with E-state index >= 15 is 0 Å². The van der Waals surface area contributed by atoms with Crippen molar-refractivity contribution in [1.82, 2.24) is 24.8 Å². The standard InChI is InChI=1S/C16H24N6/c1-20-5-7-22(8-6-20)16-9-14(3-4-19-16)10-17-11-15-12-18-13-21(15)2/h3-4,9,12-13,17H,5-8,10-11H2,1-2H3. The molecule has 1 N–H and O–H groups in total. The Balaban J connectivity index is 1.56. The summed E-state index contributed by atoms with van der Waals surface area (Å²) in [6, 6.07) is 4.28. The molecule has 0 aromatic carbocycles. The number of hydrogen-bond donors (Lipinski definition) is 1. The van der Waals surface area contributed by atoms with Crippen LogP contribution in [0.2, 0.25) is 0 Å². The van der Waals surface area contributed by atoms with E-state index in [-0.39, 0.29) is 0 Å². The van der Waals surface area contributed by atoms with Gasteiger partial charge in [0.05, 0.1) is 12.0 Å². The van der Waals surface area contributed by atoms with Gasteiger partial charge in [-0.15, -0.1) is 0 Å². The lowest BCUT2D eigenvalue weighted by Crippen LogP contribution is -2.44. The number of imidazole rings is 1. The van der Waals surface area contributed by atoms with Gasteiger partial charge in [-0.1, -0.05) is 0 Å². The summed E-state index contributed by atoms with van der Waals surface area (Å²) in [5, 5.41) is 3.47. The molecule has 6 heteroatoms. The number of anilines is 1. The first-order valence-electron chi connectivity index (χ1n) is 7.77. The summed E-state index contributed by atoms with van der Waals surface area (Å²) in [6.45, 7) is 5.97. The quantitative estimate of drug-likeness (QED) is 0.887. The third-order valence-corrected chi connectivity index (χ3v) is 4.19. The third-order valence-electron chi connectivity index (χ3n) is 4.19. The second kappa shape index (κ2) is 6.89. The van der Waals surface area contributed by atoms with Crippen LogP contribution in [-0.4, -0.2) is 52.7 Å². The highest BCUT2D eigenvalue weighted by molar-refractivity contribution is 5.41. The molecular formula is C16H24N6. The minimum atomic E-state index is 0.822. The fourth-order valence-electron chi connectivity index (χ4n) is 2.67. The summed E-state index contributed by atoms with van der Waals surface area (Å²) in [5.74, 6) is 1.09. The maximum Gasteiger partial charge on any atom is 0.128 e. The van der Waals surface area contributed by atoms with E-state index in [1.54, 1.807) is 0 Å². The van der Waals surface area contributed by atoms with Crippen molar-refractivity contribution < 1.29 is 0 Å². The van der Waals surface area contributed by atoms with Gasteiger partial charge in [-0.3, -0.25) is 0 Å². The highest BCUT2D eigenvalue weighted by Gasteiger charge is 2.15. The van der Waals surface area contributed by atoms with E-state index < -0.39 is 0 Å². The minimum Gasteiger partial charge on any atom is -0.354 e. The Bertz CT molecular complexity index is 600. The van der Waals surface area contributed by atoms with Crippen LogP contribution in [0.1, 0.15) is 11.3 Å². The van der Waals surface area contributed by atoms with Crippen molar-refractivity contribution in [2.75, 3.05) is 38.1 Å². The lowest BCUT2D eigenvalue weighted by Gasteiger charge is -2.33. The molecular weight excluding hydrogens is 276 g/mol. The topological polar surface area (TPSA) is 49.2 Å². The lowest BCUT2D eigenvalue weighted by molar-refractivity contribution is 0.312. The predicted octanol–water partition coefficient (Wildman–Crippen LogP) is 0.857. The monoisotopic (exact) mass is 300 g/mol. The highest BCUT2D eigenvalue weighted by atomic mass is 15.3. The van der Waals surface area contributed by atoms with Crippen LogP contribution in [0.25, 0.3) is 0 Å². The number of pyridine rings is 1. The maximum atomic E-state index is 4.53. The Morgan fingerprint density at radius 3 is 2.68 bits per heavy atom. The molecule has 2 aromatic heterocycles. The van der Waals surface area contributed by atoms with Gasteiger partial charge in [0.1, 0.15) is 5.82 Å². The molecule has 0 bridgehead atoms. The molecule has 0 spiro atoms. The van der Waals surface area contributed by atoms with Crippen molar-refractivity contribution >= 4 is 5.82 Å². The zero-order valence-electron chi connectivity index (χ0n) is 13.4. The zero-order chi connectivity index (χ0) is 15.4. The molecule has 1 aliphatic rings. The van der Waals surface area contributed by atoms with Gasteiger partial charge in [0.25, 0.3) is 0 Å². The second-order valence-electron chi connectivity index (χ2n) is 5.91. The van der Waals surface area contributed by atoms with Gasteiger partial charge in [-0.2, -0.15) is 0 Å². The number of aryl methyl sites for hydroxylation is 1. The molecule has 0 unspecified atom stereocenters. The van der Waals surface area contributed by atoms with Crippen LogP contribution in [0.4, 0.5) is 5.82 Å². The van der Waals surface area contributed by atoms with Gasteiger partial charge in [0, 0.05) is 58.7 Å². The molecule has 1 fully saturated rings. The van der Waals surface area contributed by atoms with E-state index in [4.69, 9.17) is 0 Å². The van der Waals surface area contributed by atoms with Crippen LogP contribution < -0.4 is 10.2 Å². The van der Waals surface area contributed by atoms with E-state index in [1.165, 1.54) is 11.3 Å². The van der Waals surface area contributed by atoms with E-state index in [2.05, 4.69) is 44.3 Å². The lowest BCUT2D eigenvalue weighted by atomic mass is 10.2. The largest absolute Gasteiger partial charge is 0.354 e. The molecule has 0 aliphatic carbocycles. The van der Waals surface area contributed by atoms with Crippen LogP contribution in [0, 0.1) is 0 Å². The average Bonchev–Trinajstić information content (AvgIpc) is 2.94. The number of hydrogen-bond acceptors (Lipinski definition) is 5. The fraction of sp³-hybridized carbons (Fsp3) is 0.500. The third kappa shape index (κ3) is 3.64. The summed E-state index contributed by atoms with van der Waals surface area (Å²) in [7, 11) is 4.19. The summed E-state index contributed by atoms with van der Waals surface area (Å²) in [6.07, 6.45) is 5.64. The van der Waals surface area contributed by atoms with Crippen LogP contribution >= 0.6 is 0 Å². The van der Waals surface area contributed by atoms with E-state index in [0.717, 1.165) is 45.1 Å². The van der Waals surface area contributed by atoms with E-state index in [1.807, 2.05) is 30.3 Å². The summed E-state index contributed by atoms with van der Waals surface area (Å²) in [4.78, 5) is 13.4. The molecule has 0 amide bonds. The Morgan fingerprint density at radius 2 is 1.95 bits per heavy atom. The Morgan fingerprint density at radius 1 is 1.14 bits per heavy atom. The van der Waals surface area contributed by atoms with Crippen LogP contribution in [0.3, 0.4) is 0 Å². The SMILES string of the molecule is CN1CCN(c2cc(CNCc3cncn3C)ccn2)CC1. The van der Waals surface area contributed by atoms with Gasteiger partial charge in [0.2, 0.25) is 0 Å². The predicted molar refractivity (Wildman–Crippen MR) is 87.7 cm³/mol. The normalized spacial score (nSPS) is 16.2. The van der Waals surface area contributed by atoms with Crippen molar-refractivity contribution in [2.45, 2.75) is 13.1 Å². The van der Waals surface area contributed by atoms with E-state index in [9.17, 15) is 0 Å². The smallest absolute Gasteiger partial charge is 0.128 e. The molecule has 22 heavy (non-hydrogen) atoms. The van der Waals surface area contributed by atoms with Crippen molar-refractivity contribution in [3.05, 3.63) is 42.1 Å². The highest BCUT2D eigenvalue weighted by Crippen LogP contribution is 2.14. The molecule has 118 valence electrons. The molecule has 1 aliphatic heterocycles. The van der Waals surface area contributed by atoms with Crippen LogP contribution in [0.5, 0.6) is 0 Å². The number of likely N-dealkylation sites (N-methyl/N-ethyl adjacent to an activating group) is 1. The molecule has 3 heterocycles. The number of nitrogens with one attached hydrogen (secondary N) is 1. The van der Waals surface area contributed by atoms with Crippen molar-refractivity contribution in [3.8, 4) is 0 Å². The molecule has 0 atom stereocenters. The Hall–Kier alpha value is -1.92. The molecule has 2 aromatic rings. The fourth-order valence-corrected chi connectivity index (χ4v) is 2.67. The minimum absolute atomic E-state index is 0.822. The summed E-state index contributed by atoms with van der Waals surface area (Å²) < 4.78 is 2.04. The molecule has 0 radical (unpaired) electrons. The second-order valence-corrected chi connectivity index (χ2v) is 5.91. The Kier molecular flexibility index (Phi) is 4.70. The summed E-state index contributed by atoms with van der Waals surface area (Å²) in [5.41, 5.74) is 2.46. The number of nitrogens with zero attached hydrogens (tertiary/aromatic N) is 5. The number of rotatable bonds is 5. The first-order valence-corrected chi connectivity index (χ1v) is 7.77. The van der Waals surface area contributed by atoms with Crippen LogP contribution in [-0.2, 0) is 20.1 Å². The maximum absolute atomic E-state index is 4.53. The van der Waals surface area contributed by atoms with Gasteiger partial charge in [-0.05, 0) is 24.7 Å². The van der Waals surface area contributed by atoms with Crippen molar-refractivity contribution in [2.24, 2.45) is 7.05 Å². The van der Waals surface area contributed by atoms with Gasteiger partial charge < -0.3 is 19.7 Å². The van der Waals surface area contributed by atoms with Gasteiger partial charge >= 0.3 is 0 Å². The molecule has 1 saturated heterocycles.